The maximum absolute atomic E-state index is 13.3. The number of hydrogen-bond acceptors (Lipinski definition) is 4. The molecular weight excluding hydrogens is 352 g/mol. The number of ether oxygens (including phenoxy) is 2. The molecule has 0 radical (unpaired) electrons. The first-order valence-corrected chi connectivity index (χ1v) is 9.01. The van der Waals surface area contributed by atoms with E-state index in [4.69, 9.17) is 9.47 Å². The average molecular weight is 374 g/mol. The van der Waals surface area contributed by atoms with Crippen molar-refractivity contribution in [1.29, 1.82) is 0 Å². The van der Waals surface area contributed by atoms with Gasteiger partial charge in [-0.1, -0.05) is 72.8 Å². The second-order valence-corrected chi connectivity index (χ2v) is 6.61. The third-order valence-electron chi connectivity index (χ3n) is 4.78. The fourth-order valence-corrected chi connectivity index (χ4v) is 3.01. The van der Waals surface area contributed by atoms with E-state index < -0.39 is 11.4 Å². The summed E-state index contributed by atoms with van der Waals surface area (Å²) in [5, 5.41) is 0. The molecule has 142 valence electrons. The topological polar surface area (TPSA) is 52.6 Å². The van der Waals surface area contributed by atoms with Gasteiger partial charge in [0, 0.05) is 5.56 Å². The maximum atomic E-state index is 13.3. The highest BCUT2D eigenvalue weighted by atomic mass is 16.5. The van der Waals surface area contributed by atoms with Gasteiger partial charge in [-0.05, 0) is 30.2 Å². The zero-order chi connectivity index (χ0) is 20.0. The molecule has 0 aliphatic carbocycles. The molecule has 0 aliphatic heterocycles. The summed E-state index contributed by atoms with van der Waals surface area (Å²) < 4.78 is 10.7. The number of benzene rings is 3. The molecule has 4 heteroatoms. The van der Waals surface area contributed by atoms with E-state index in [1.807, 2.05) is 36.4 Å². The van der Waals surface area contributed by atoms with Gasteiger partial charge in [-0.25, -0.2) is 0 Å². The molecular formula is C24H22O4. The molecule has 0 N–H and O–H groups in total. The fourth-order valence-electron chi connectivity index (χ4n) is 3.01. The Morgan fingerprint density at radius 1 is 0.821 bits per heavy atom. The number of rotatable bonds is 7. The molecule has 0 fully saturated rings. The highest BCUT2D eigenvalue weighted by molar-refractivity contribution is 6.16. The van der Waals surface area contributed by atoms with Gasteiger partial charge in [0.2, 0.25) is 0 Å². The van der Waals surface area contributed by atoms with Gasteiger partial charge in [0.25, 0.3) is 0 Å². The minimum absolute atomic E-state index is 0.105. The van der Waals surface area contributed by atoms with E-state index >= 15 is 0 Å². The van der Waals surface area contributed by atoms with Gasteiger partial charge in [-0.15, -0.1) is 0 Å². The summed E-state index contributed by atoms with van der Waals surface area (Å²) >= 11 is 0. The summed E-state index contributed by atoms with van der Waals surface area (Å²) in [6.45, 7) is 1.71. The Balaban J connectivity index is 1.95. The summed E-state index contributed by atoms with van der Waals surface area (Å²) in [4.78, 5) is 26.5. The van der Waals surface area contributed by atoms with Crippen molar-refractivity contribution in [3.05, 3.63) is 102 Å². The standard InChI is InChI=1S/C24H22O4/c1-24(20-13-15-21(27-2)16-14-20,22(25)19-11-7-4-8-12-19)23(26)28-17-18-9-5-3-6-10-18/h3-16H,17H2,1-2H3. The van der Waals surface area contributed by atoms with Crippen molar-refractivity contribution in [2.24, 2.45) is 0 Å². The first-order chi connectivity index (χ1) is 13.6. The largest absolute Gasteiger partial charge is 0.497 e. The monoisotopic (exact) mass is 374 g/mol. The lowest BCUT2D eigenvalue weighted by atomic mass is 9.76. The Morgan fingerprint density at radius 2 is 1.39 bits per heavy atom. The second kappa shape index (κ2) is 8.53. The van der Waals surface area contributed by atoms with Crippen LogP contribution in [0.3, 0.4) is 0 Å². The Morgan fingerprint density at radius 3 is 1.96 bits per heavy atom. The van der Waals surface area contributed by atoms with Gasteiger partial charge in [-0.3, -0.25) is 9.59 Å². The van der Waals surface area contributed by atoms with Crippen molar-refractivity contribution in [1.82, 2.24) is 0 Å². The van der Waals surface area contributed by atoms with Gasteiger partial charge in [-0.2, -0.15) is 0 Å². The van der Waals surface area contributed by atoms with E-state index in [0.717, 1.165) is 5.56 Å². The Kier molecular flexibility index (Phi) is 5.90. The fraction of sp³-hybridized carbons (Fsp3) is 0.167. The van der Waals surface area contributed by atoms with Crippen LogP contribution in [-0.4, -0.2) is 18.9 Å². The minimum Gasteiger partial charge on any atom is -0.497 e. The zero-order valence-electron chi connectivity index (χ0n) is 15.9. The van der Waals surface area contributed by atoms with Crippen molar-refractivity contribution < 1.29 is 19.1 Å². The third-order valence-corrected chi connectivity index (χ3v) is 4.78. The van der Waals surface area contributed by atoms with Crippen molar-refractivity contribution >= 4 is 11.8 Å². The molecule has 0 spiro atoms. The molecule has 1 atom stereocenters. The van der Waals surface area contributed by atoms with Crippen LogP contribution in [0.5, 0.6) is 5.75 Å². The van der Waals surface area contributed by atoms with E-state index in [-0.39, 0.29) is 12.4 Å². The van der Waals surface area contributed by atoms with E-state index in [2.05, 4.69) is 0 Å². The highest BCUT2D eigenvalue weighted by Crippen LogP contribution is 2.31. The predicted octanol–water partition coefficient (Wildman–Crippen LogP) is 4.58. The quantitative estimate of drug-likeness (QED) is 0.345. The smallest absolute Gasteiger partial charge is 0.324 e. The highest BCUT2D eigenvalue weighted by Gasteiger charge is 2.44. The normalized spacial score (nSPS) is 12.6. The van der Waals surface area contributed by atoms with E-state index in [1.54, 1.807) is 62.6 Å². The summed E-state index contributed by atoms with van der Waals surface area (Å²) in [5.41, 5.74) is 0.403. The van der Waals surface area contributed by atoms with Crippen LogP contribution in [0.15, 0.2) is 84.9 Å². The van der Waals surface area contributed by atoms with Crippen molar-refractivity contribution in [3.8, 4) is 5.75 Å². The Hall–Kier alpha value is -3.40. The number of esters is 1. The Labute approximate surface area is 164 Å². The molecule has 0 amide bonds. The molecule has 0 aliphatic rings. The molecule has 0 saturated carbocycles. The van der Waals surface area contributed by atoms with E-state index in [1.165, 1.54) is 0 Å². The molecule has 0 heterocycles. The molecule has 0 bridgehead atoms. The van der Waals surface area contributed by atoms with Gasteiger partial charge in [0.05, 0.1) is 7.11 Å². The second-order valence-electron chi connectivity index (χ2n) is 6.61. The van der Waals surface area contributed by atoms with Crippen molar-refractivity contribution in [3.63, 3.8) is 0 Å². The van der Waals surface area contributed by atoms with Gasteiger partial charge < -0.3 is 9.47 Å². The molecule has 3 aromatic carbocycles. The van der Waals surface area contributed by atoms with Crippen LogP contribution in [0.2, 0.25) is 0 Å². The van der Waals surface area contributed by atoms with Crippen LogP contribution >= 0.6 is 0 Å². The summed E-state index contributed by atoms with van der Waals surface area (Å²) in [6, 6.07) is 25.1. The maximum Gasteiger partial charge on any atom is 0.324 e. The van der Waals surface area contributed by atoms with Crippen molar-refractivity contribution in [2.75, 3.05) is 7.11 Å². The van der Waals surface area contributed by atoms with Crippen LogP contribution in [-0.2, 0) is 21.6 Å². The lowest BCUT2D eigenvalue weighted by molar-refractivity contribution is -0.149. The van der Waals surface area contributed by atoms with Crippen LogP contribution < -0.4 is 4.74 Å². The van der Waals surface area contributed by atoms with Gasteiger partial charge in [0.1, 0.15) is 12.4 Å². The number of carbonyl (C=O) groups is 2. The molecule has 28 heavy (non-hydrogen) atoms. The molecule has 0 aromatic heterocycles. The molecule has 0 saturated heterocycles. The number of ketones is 1. The third kappa shape index (κ3) is 3.96. The van der Waals surface area contributed by atoms with Crippen LogP contribution in [0.1, 0.15) is 28.4 Å². The van der Waals surface area contributed by atoms with Crippen LogP contribution in [0.4, 0.5) is 0 Å². The summed E-state index contributed by atoms with van der Waals surface area (Å²) in [6.07, 6.45) is 0. The van der Waals surface area contributed by atoms with Crippen molar-refractivity contribution in [2.45, 2.75) is 18.9 Å². The number of methoxy groups -OCH3 is 1. The van der Waals surface area contributed by atoms with Crippen LogP contribution in [0, 0.1) is 0 Å². The zero-order valence-corrected chi connectivity index (χ0v) is 15.9. The molecule has 4 nitrogen and oxygen atoms in total. The number of Topliss-reactive ketones (excluding diaryl/α,β-unsaturated/α-hetero) is 1. The van der Waals surface area contributed by atoms with Gasteiger partial charge in [0.15, 0.2) is 11.2 Å². The van der Waals surface area contributed by atoms with E-state index in [0.29, 0.717) is 16.9 Å². The minimum atomic E-state index is -1.47. The predicted molar refractivity (Wildman–Crippen MR) is 107 cm³/mol. The molecule has 3 rings (SSSR count). The average Bonchev–Trinajstić information content (AvgIpc) is 2.77. The summed E-state index contributed by atoms with van der Waals surface area (Å²) in [7, 11) is 1.57. The SMILES string of the molecule is COc1ccc(C(C)(C(=O)OCc2ccccc2)C(=O)c2ccccc2)cc1. The Bertz CT molecular complexity index is 933. The molecule has 3 aromatic rings. The van der Waals surface area contributed by atoms with E-state index in [9.17, 15) is 9.59 Å². The summed E-state index contributed by atoms with van der Waals surface area (Å²) in [5.74, 6) is -0.248. The first kappa shape index (κ1) is 19.4. The van der Waals surface area contributed by atoms with Gasteiger partial charge >= 0.3 is 5.97 Å². The number of hydrogen-bond donors (Lipinski definition) is 0. The lowest BCUT2D eigenvalue weighted by Crippen LogP contribution is -2.42. The first-order valence-electron chi connectivity index (χ1n) is 9.01. The molecule has 1 unspecified atom stereocenters. The van der Waals surface area contributed by atoms with Crippen LogP contribution in [0.25, 0.3) is 0 Å². The number of carbonyl (C=O) groups excluding carboxylic acids is 2. The lowest BCUT2D eigenvalue weighted by Gasteiger charge is -2.27.